The van der Waals surface area contributed by atoms with Crippen LogP contribution in [0, 0.1) is 0 Å². The molecule has 0 atom stereocenters. The number of fused-ring (bicyclic) bond motifs is 1. The van der Waals surface area contributed by atoms with Crippen LogP contribution in [0.1, 0.15) is 44.9 Å². The normalized spacial score (nSPS) is 16.1. The highest BCUT2D eigenvalue weighted by molar-refractivity contribution is 6.76. The summed E-state index contributed by atoms with van der Waals surface area (Å²) in [6.45, 7) is 22.2. The van der Waals surface area contributed by atoms with Gasteiger partial charge in [-0.05, 0) is 66.9 Å². The van der Waals surface area contributed by atoms with E-state index in [1.165, 1.54) is 16.6 Å². The van der Waals surface area contributed by atoms with Gasteiger partial charge in [0.1, 0.15) is 6.73 Å². The lowest BCUT2D eigenvalue weighted by molar-refractivity contribution is 0.0816. The second-order valence-corrected chi connectivity index (χ2v) is 24.1. The Kier molecular flexibility index (Phi) is 9.26. The quantitative estimate of drug-likeness (QED) is 0.183. The molecule has 1 fully saturated rings. The number of piperidine rings is 1. The van der Waals surface area contributed by atoms with Gasteiger partial charge in [0.05, 0.1) is 11.2 Å². The molecule has 2 heterocycles. The molecule has 0 bridgehead atoms. The summed E-state index contributed by atoms with van der Waals surface area (Å²) in [6, 6.07) is 18.4. The Morgan fingerprint density at radius 2 is 1.64 bits per heavy atom. The van der Waals surface area contributed by atoms with Crippen LogP contribution in [0.4, 0.5) is 5.69 Å². The standard InChI is InChI=1S/C32H49N3O2Si2/c1-32(2,3)39(7,8)37-28-18-20-34(21-19-28)27-15-17-31-29(24-27)30(16-14-26-12-10-9-11-13-26)33-35(31)25-36-22-23-38(4,5)6/h9-17,24,28H,18-23,25H2,1-8H3/b16-14+. The van der Waals surface area contributed by atoms with Crippen molar-refractivity contribution in [2.75, 3.05) is 24.6 Å². The smallest absolute Gasteiger partial charge is 0.192 e. The maximum Gasteiger partial charge on any atom is 0.192 e. The van der Waals surface area contributed by atoms with E-state index in [-0.39, 0.29) is 5.04 Å². The molecule has 0 amide bonds. The molecule has 0 aliphatic carbocycles. The highest BCUT2D eigenvalue weighted by Gasteiger charge is 2.39. The second kappa shape index (κ2) is 12.1. The van der Waals surface area contributed by atoms with E-state index in [2.05, 4.69) is 113 Å². The number of anilines is 1. The zero-order chi connectivity index (χ0) is 28.3. The van der Waals surface area contributed by atoms with Crippen molar-refractivity contribution in [2.24, 2.45) is 0 Å². The summed E-state index contributed by atoms with van der Waals surface area (Å²) in [4.78, 5) is 2.51. The van der Waals surface area contributed by atoms with Crippen molar-refractivity contribution in [1.29, 1.82) is 0 Å². The SMILES string of the molecule is CC(C)(C)[Si](C)(C)OC1CCN(c2ccc3c(c2)c(/C=C/c2ccccc2)nn3COCC[Si](C)(C)C)CC1. The molecule has 1 saturated heterocycles. The van der Waals surface area contributed by atoms with E-state index >= 15 is 0 Å². The van der Waals surface area contributed by atoms with Crippen molar-refractivity contribution in [2.45, 2.75) is 90.3 Å². The summed E-state index contributed by atoms with van der Waals surface area (Å²) in [5.41, 5.74) is 4.55. The molecular weight excluding hydrogens is 515 g/mol. The summed E-state index contributed by atoms with van der Waals surface area (Å²) < 4.78 is 14.9. The zero-order valence-electron chi connectivity index (χ0n) is 25.5. The van der Waals surface area contributed by atoms with E-state index in [4.69, 9.17) is 14.3 Å². The predicted molar refractivity (Wildman–Crippen MR) is 173 cm³/mol. The number of aromatic nitrogens is 2. The van der Waals surface area contributed by atoms with Crippen LogP contribution < -0.4 is 4.90 Å². The predicted octanol–water partition coefficient (Wildman–Crippen LogP) is 8.51. The fourth-order valence-electron chi connectivity index (χ4n) is 4.70. The molecule has 0 N–H and O–H groups in total. The van der Waals surface area contributed by atoms with E-state index in [1.807, 2.05) is 10.7 Å². The molecule has 4 rings (SSSR count). The van der Waals surface area contributed by atoms with E-state index in [9.17, 15) is 0 Å². The van der Waals surface area contributed by atoms with Gasteiger partial charge in [-0.3, -0.25) is 0 Å². The fourth-order valence-corrected chi connectivity index (χ4v) is 6.88. The molecule has 2 aromatic carbocycles. The molecule has 0 spiro atoms. The average Bonchev–Trinajstić information content (AvgIpc) is 3.22. The van der Waals surface area contributed by atoms with Crippen LogP contribution in [-0.2, 0) is 15.9 Å². The van der Waals surface area contributed by atoms with Gasteiger partial charge in [0.25, 0.3) is 0 Å². The number of ether oxygens (including phenoxy) is 1. The molecule has 1 aliphatic heterocycles. The van der Waals surface area contributed by atoms with Crippen LogP contribution in [0.2, 0.25) is 43.8 Å². The average molecular weight is 564 g/mol. The lowest BCUT2D eigenvalue weighted by Gasteiger charge is -2.42. The van der Waals surface area contributed by atoms with Crippen LogP contribution in [0.25, 0.3) is 23.1 Å². The molecule has 1 aromatic heterocycles. The minimum Gasteiger partial charge on any atom is -0.414 e. The first kappa shape index (κ1) is 29.8. The van der Waals surface area contributed by atoms with Crippen LogP contribution in [-0.4, -0.2) is 52.0 Å². The summed E-state index contributed by atoms with van der Waals surface area (Å²) >= 11 is 0. The largest absolute Gasteiger partial charge is 0.414 e. The summed E-state index contributed by atoms with van der Waals surface area (Å²) in [5.74, 6) is 0. The molecule has 0 unspecified atom stereocenters. The Hall–Kier alpha value is -2.20. The number of benzene rings is 2. The Balaban J connectivity index is 1.52. The molecule has 1 aliphatic rings. The number of hydrogen-bond acceptors (Lipinski definition) is 4. The van der Waals surface area contributed by atoms with Gasteiger partial charge in [-0.2, -0.15) is 5.10 Å². The van der Waals surface area contributed by atoms with E-state index in [1.54, 1.807) is 0 Å². The number of rotatable bonds is 10. The Morgan fingerprint density at radius 1 is 0.949 bits per heavy atom. The van der Waals surface area contributed by atoms with E-state index in [0.717, 1.165) is 49.8 Å². The lowest BCUT2D eigenvalue weighted by Crippen LogP contribution is -2.47. The zero-order valence-corrected chi connectivity index (χ0v) is 27.5. The second-order valence-electron chi connectivity index (χ2n) is 13.7. The Morgan fingerprint density at radius 3 is 2.28 bits per heavy atom. The Bertz CT molecular complexity index is 1250. The maximum atomic E-state index is 6.74. The fraction of sp³-hybridized carbons (Fsp3) is 0.531. The topological polar surface area (TPSA) is 39.5 Å². The minimum absolute atomic E-state index is 0.247. The highest BCUT2D eigenvalue weighted by Crippen LogP contribution is 2.39. The van der Waals surface area contributed by atoms with Gasteiger partial charge in [0.15, 0.2) is 8.32 Å². The molecule has 0 saturated carbocycles. The van der Waals surface area contributed by atoms with Crippen molar-refractivity contribution >= 4 is 45.1 Å². The molecule has 3 aromatic rings. The molecular formula is C32H49N3O2Si2. The number of hydrogen-bond donors (Lipinski definition) is 0. The maximum absolute atomic E-state index is 6.74. The summed E-state index contributed by atoms with van der Waals surface area (Å²) in [6.07, 6.45) is 6.81. The third-order valence-corrected chi connectivity index (χ3v) is 14.5. The summed E-state index contributed by atoms with van der Waals surface area (Å²) in [7, 11) is -2.87. The van der Waals surface area contributed by atoms with Crippen molar-refractivity contribution in [1.82, 2.24) is 9.78 Å². The minimum atomic E-state index is -1.74. The van der Waals surface area contributed by atoms with Gasteiger partial charge in [0, 0.05) is 44.9 Å². The van der Waals surface area contributed by atoms with Crippen molar-refractivity contribution in [3.63, 3.8) is 0 Å². The molecule has 0 radical (unpaired) electrons. The summed E-state index contributed by atoms with van der Waals surface area (Å²) in [5, 5.41) is 6.40. The van der Waals surface area contributed by atoms with Crippen molar-refractivity contribution in [3.05, 3.63) is 59.8 Å². The molecule has 7 heteroatoms. The van der Waals surface area contributed by atoms with Gasteiger partial charge in [-0.15, -0.1) is 0 Å². The van der Waals surface area contributed by atoms with Gasteiger partial charge in [0.2, 0.25) is 0 Å². The number of nitrogens with zero attached hydrogens (tertiary/aromatic N) is 3. The third kappa shape index (κ3) is 7.94. The third-order valence-electron chi connectivity index (χ3n) is 8.28. The van der Waals surface area contributed by atoms with E-state index in [0.29, 0.717) is 12.8 Å². The van der Waals surface area contributed by atoms with Crippen molar-refractivity contribution in [3.8, 4) is 0 Å². The van der Waals surface area contributed by atoms with Crippen LogP contribution in [0.3, 0.4) is 0 Å². The van der Waals surface area contributed by atoms with Crippen LogP contribution >= 0.6 is 0 Å². The Labute approximate surface area is 238 Å². The molecule has 5 nitrogen and oxygen atoms in total. The van der Waals surface area contributed by atoms with Crippen LogP contribution in [0.5, 0.6) is 0 Å². The first-order valence-corrected chi connectivity index (χ1v) is 21.2. The monoisotopic (exact) mass is 563 g/mol. The first-order chi connectivity index (χ1) is 18.3. The van der Waals surface area contributed by atoms with Gasteiger partial charge >= 0.3 is 0 Å². The van der Waals surface area contributed by atoms with Gasteiger partial charge < -0.3 is 14.1 Å². The lowest BCUT2D eigenvalue weighted by atomic mass is 10.1. The molecule has 212 valence electrons. The first-order valence-electron chi connectivity index (χ1n) is 14.6. The van der Waals surface area contributed by atoms with E-state index < -0.39 is 16.4 Å². The van der Waals surface area contributed by atoms with Crippen LogP contribution in [0.15, 0.2) is 48.5 Å². The van der Waals surface area contributed by atoms with Gasteiger partial charge in [-0.1, -0.05) is 76.8 Å². The van der Waals surface area contributed by atoms with Gasteiger partial charge in [-0.25, -0.2) is 4.68 Å². The molecule has 39 heavy (non-hydrogen) atoms. The highest BCUT2D eigenvalue weighted by atomic mass is 28.4. The van der Waals surface area contributed by atoms with Crippen molar-refractivity contribution < 1.29 is 9.16 Å².